The van der Waals surface area contributed by atoms with Crippen LogP contribution in [-0.2, 0) is 11.0 Å². The van der Waals surface area contributed by atoms with E-state index in [9.17, 15) is 18.0 Å². The van der Waals surface area contributed by atoms with Crippen LogP contribution in [-0.4, -0.2) is 34.6 Å². The summed E-state index contributed by atoms with van der Waals surface area (Å²) in [5.74, 6) is 0.488. The van der Waals surface area contributed by atoms with E-state index in [0.29, 0.717) is 31.4 Å². The van der Waals surface area contributed by atoms with Gasteiger partial charge in [-0.05, 0) is 43.9 Å². The summed E-state index contributed by atoms with van der Waals surface area (Å²) in [7, 11) is 0. The first-order valence-corrected chi connectivity index (χ1v) is 8.92. The predicted molar refractivity (Wildman–Crippen MR) is 93.8 cm³/mol. The lowest BCUT2D eigenvalue weighted by Crippen LogP contribution is -2.41. The van der Waals surface area contributed by atoms with Crippen molar-refractivity contribution in [2.24, 2.45) is 0 Å². The van der Waals surface area contributed by atoms with Crippen molar-refractivity contribution < 1.29 is 27.4 Å². The van der Waals surface area contributed by atoms with Crippen LogP contribution in [0.1, 0.15) is 31.2 Å². The fourth-order valence-electron chi connectivity index (χ4n) is 2.96. The first-order chi connectivity index (χ1) is 13.4. The summed E-state index contributed by atoms with van der Waals surface area (Å²) in [4.78, 5) is 19.6. The minimum atomic E-state index is -4.41. The summed E-state index contributed by atoms with van der Waals surface area (Å²) in [6.07, 6.45) is 2.15. The third kappa shape index (κ3) is 5.83. The van der Waals surface area contributed by atoms with Gasteiger partial charge in [0.1, 0.15) is 11.9 Å². The van der Waals surface area contributed by atoms with Crippen molar-refractivity contribution in [3.63, 3.8) is 0 Å². The van der Waals surface area contributed by atoms with Gasteiger partial charge in [0.15, 0.2) is 6.61 Å². The molecular weight excluding hydrogens is 375 g/mol. The molecule has 2 aromatic rings. The molecule has 1 amide bonds. The standard InChI is InChI=1S/C19H20F3N3O3/c20-19(21,22)13-3-8-18(24-10-13)28-15-6-4-14(5-7-15)25-17(26)12-27-16-2-1-9-23-11-16/h1-3,8-11,14-15H,4-7,12H2,(H,25,26). The molecule has 0 spiro atoms. The first-order valence-electron chi connectivity index (χ1n) is 8.92. The van der Waals surface area contributed by atoms with Gasteiger partial charge in [0.2, 0.25) is 5.88 Å². The molecule has 1 N–H and O–H groups in total. The molecule has 0 unspecified atom stereocenters. The van der Waals surface area contributed by atoms with Crippen LogP contribution in [0.15, 0.2) is 42.9 Å². The Kier molecular flexibility index (Phi) is 6.33. The largest absolute Gasteiger partial charge is 0.482 e. The molecular formula is C19H20F3N3O3. The van der Waals surface area contributed by atoms with E-state index < -0.39 is 11.7 Å². The van der Waals surface area contributed by atoms with Crippen LogP contribution in [0.3, 0.4) is 0 Å². The van der Waals surface area contributed by atoms with E-state index in [4.69, 9.17) is 9.47 Å². The van der Waals surface area contributed by atoms with E-state index in [-0.39, 0.29) is 30.5 Å². The van der Waals surface area contributed by atoms with Gasteiger partial charge < -0.3 is 14.8 Å². The van der Waals surface area contributed by atoms with Crippen molar-refractivity contribution in [1.29, 1.82) is 0 Å². The van der Waals surface area contributed by atoms with Crippen molar-refractivity contribution in [2.45, 2.75) is 44.0 Å². The second-order valence-corrected chi connectivity index (χ2v) is 6.52. The molecule has 28 heavy (non-hydrogen) atoms. The molecule has 0 saturated heterocycles. The van der Waals surface area contributed by atoms with Crippen LogP contribution in [0.2, 0.25) is 0 Å². The zero-order chi connectivity index (χ0) is 20.0. The molecule has 0 aromatic carbocycles. The normalized spacial score (nSPS) is 19.7. The van der Waals surface area contributed by atoms with E-state index in [2.05, 4.69) is 15.3 Å². The average Bonchev–Trinajstić information content (AvgIpc) is 2.68. The molecule has 1 aliphatic carbocycles. The monoisotopic (exact) mass is 395 g/mol. The molecule has 1 fully saturated rings. The molecule has 9 heteroatoms. The third-order valence-electron chi connectivity index (χ3n) is 4.39. The molecule has 0 bridgehead atoms. The van der Waals surface area contributed by atoms with Gasteiger partial charge in [-0.2, -0.15) is 13.2 Å². The molecule has 2 heterocycles. The molecule has 1 saturated carbocycles. The Morgan fingerprint density at radius 2 is 1.93 bits per heavy atom. The van der Waals surface area contributed by atoms with Crippen LogP contribution in [0, 0.1) is 0 Å². The smallest absolute Gasteiger partial charge is 0.417 e. The molecule has 0 atom stereocenters. The number of carbonyl (C=O) groups is 1. The summed E-state index contributed by atoms with van der Waals surface area (Å²) in [5.41, 5.74) is -0.806. The number of carbonyl (C=O) groups excluding carboxylic acids is 1. The van der Waals surface area contributed by atoms with Gasteiger partial charge in [0.25, 0.3) is 5.91 Å². The number of nitrogens with zero attached hydrogens (tertiary/aromatic N) is 2. The lowest BCUT2D eigenvalue weighted by atomic mass is 9.93. The minimum absolute atomic E-state index is 0.0189. The lowest BCUT2D eigenvalue weighted by molar-refractivity contribution is -0.137. The molecule has 150 valence electrons. The van der Waals surface area contributed by atoms with Gasteiger partial charge in [0, 0.05) is 24.5 Å². The van der Waals surface area contributed by atoms with Crippen molar-refractivity contribution in [3.8, 4) is 11.6 Å². The van der Waals surface area contributed by atoms with Gasteiger partial charge in [-0.3, -0.25) is 9.78 Å². The summed E-state index contributed by atoms with van der Waals surface area (Å²) in [5, 5.41) is 2.92. The first kappa shape index (κ1) is 19.9. The van der Waals surface area contributed by atoms with Gasteiger partial charge >= 0.3 is 6.18 Å². The number of aromatic nitrogens is 2. The van der Waals surface area contributed by atoms with Crippen molar-refractivity contribution in [1.82, 2.24) is 15.3 Å². The number of halogens is 3. The molecule has 0 aliphatic heterocycles. The number of ether oxygens (including phenoxy) is 2. The van der Waals surface area contributed by atoms with Crippen LogP contribution in [0.4, 0.5) is 13.2 Å². The number of pyridine rings is 2. The fourth-order valence-corrected chi connectivity index (χ4v) is 2.96. The van der Waals surface area contributed by atoms with Gasteiger partial charge in [0.05, 0.1) is 11.8 Å². The second-order valence-electron chi connectivity index (χ2n) is 6.52. The van der Waals surface area contributed by atoms with Gasteiger partial charge in [-0.25, -0.2) is 4.98 Å². The zero-order valence-corrected chi connectivity index (χ0v) is 15.0. The van der Waals surface area contributed by atoms with Crippen LogP contribution in [0.25, 0.3) is 0 Å². The average molecular weight is 395 g/mol. The topological polar surface area (TPSA) is 73.3 Å². The van der Waals surface area contributed by atoms with Gasteiger partial charge in [-0.1, -0.05) is 0 Å². The van der Waals surface area contributed by atoms with Crippen LogP contribution < -0.4 is 14.8 Å². The number of hydrogen-bond acceptors (Lipinski definition) is 5. The van der Waals surface area contributed by atoms with E-state index in [1.54, 1.807) is 18.3 Å². The fraction of sp³-hybridized carbons (Fsp3) is 0.421. The summed E-state index contributed by atoms with van der Waals surface area (Å²) in [6, 6.07) is 5.64. The summed E-state index contributed by atoms with van der Waals surface area (Å²) >= 11 is 0. The SMILES string of the molecule is O=C(COc1cccnc1)NC1CCC(Oc2ccc(C(F)(F)F)cn2)CC1. The van der Waals surface area contributed by atoms with E-state index >= 15 is 0 Å². The number of rotatable bonds is 6. The highest BCUT2D eigenvalue weighted by atomic mass is 19.4. The summed E-state index contributed by atoms with van der Waals surface area (Å²) in [6.45, 7) is -0.0857. The Morgan fingerprint density at radius 1 is 1.14 bits per heavy atom. The molecule has 6 nitrogen and oxygen atoms in total. The maximum absolute atomic E-state index is 12.5. The quantitative estimate of drug-likeness (QED) is 0.812. The van der Waals surface area contributed by atoms with E-state index in [1.165, 1.54) is 12.3 Å². The zero-order valence-electron chi connectivity index (χ0n) is 15.0. The van der Waals surface area contributed by atoms with E-state index in [0.717, 1.165) is 12.3 Å². The Labute approximate surface area is 160 Å². The number of alkyl halides is 3. The third-order valence-corrected chi connectivity index (χ3v) is 4.39. The Bertz CT molecular complexity index is 761. The highest BCUT2D eigenvalue weighted by Gasteiger charge is 2.31. The summed E-state index contributed by atoms with van der Waals surface area (Å²) < 4.78 is 48.7. The number of amides is 1. The Hall–Kier alpha value is -2.84. The molecule has 1 aliphatic rings. The van der Waals surface area contributed by atoms with E-state index in [1.807, 2.05) is 0 Å². The van der Waals surface area contributed by atoms with Gasteiger partial charge in [-0.15, -0.1) is 0 Å². The highest BCUT2D eigenvalue weighted by molar-refractivity contribution is 5.77. The predicted octanol–water partition coefficient (Wildman–Crippen LogP) is 3.38. The second kappa shape index (κ2) is 8.90. The minimum Gasteiger partial charge on any atom is -0.482 e. The van der Waals surface area contributed by atoms with Crippen molar-refractivity contribution in [2.75, 3.05) is 6.61 Å². The molecule has 2 aromatic heterocycles. The lowest BCUT2D eigenvalue weighted by Gasteiger charge is -2.29. The molecule has 0 radical (unpaired) electrons. The molecule has 3 rings (SSSR count). The Balaban J connectivity index is 1.39. The highest BCUT2D eigenvalue weighted by Crippen LogP contribution is 2.30. The van der Waals surface area contributed by atoms with Crippen LogP contribution in [0.5, 0.6) is 11.6 Å². The van der Waals surface area contributed by atoms with Crippen molar-refractivity contribution >= 4 is 5.91 Å². The maximum Gasteiger partial charge on any atom is 0.417 e. The number of nitrogens with one attached hydrogen (secondary N) is 1. The van der Waals surface area contributed by atoms with Crippen molar-refractivity contribution in [3.05, 3.63) is 48.4 Å². The maximum atomic E-state index is 12.5. The Morgan fingerprint density at radius 3 is 2.54 bits per heavy atom. The van der Waals surface area contributed by atoms with Crippen LogP contribution >= 0.6 is 0 Å². The number of hydrogen-bond donors (Lipinski definition) is 1.